The summed E-state index contributed by atoms with van der Waals surface area (Å²) in [5.74, 6) is -0.0165. The third-order valence-corrected chi connectivity index (χ3v) is 4.40. The van der Waals surface area contributed by atoms with Gasteiger partial charge in [0.2, 0.25) is 10.0 Å². The first-order chi connectivity index (χ1) is 8.58. The van der Waals surface area contributed by atoms with Crippen molar-refractivity contribution in [2.45, 2.75) is 11.1 Å². The number of hydrogen-bond acceptors (Lipinski definition) is 4. The van der Waals surface area contributed by atoms with Crippen molar-refractivity contribution < 1.29 is 21.6 Å². The van der Waals surface area contributed by atoms with E-state index in [1.807, 2.05) is 0 Å². The van der Waals surface area contributed by atoms with Crippen LogP contribution in [0.3, 0.4) is 0 Å². The van der Waals surface area contributed by atoms with Crippen LogP contribution in [0.5, 0.6) is 0 Å². The van der Waals surface area contributed by atoms with Crippen molar-refractivity contribution in [2.24, 2.45) is 0 Å². The number of sulfonamides is 1. The fourth-order valence-electron chi connectivity index (χ4n) is 1.31. The molecule has 0 aliphatic rings. The normalized spacial score (nSPS) is 12.8. The number of nitrogens with one attached hydrogen (secondary N) is 1. The van der Waals surface area contributed by atoms with E-state index in [1.54, 1.807) is 0 Å². The quantitative estimate of drug-likeness (QED) is 0.891. The average molecular weight is 362 g/mol. The van der Waals surface area contributed by atoms with Crippen LogP contribution in [0.25, 0.3) is 0 Å². The van der Waals surface area contributed by atoms with Crippen LogP contribution in [0.15, 0.2) is 21.6 Å². The van der Waals surface area contributed by atoms with E-state index in [1.165, 1.54) is 19.3 Å². The highest BCUT2D eigenvalue weighted by molar-refractivity contribution is 9.10. The molecule has 0 spiro atoms. The van der Waals surface area contributed by atoms with E-state index in [-0.39, 0.29) is 15.0 Å². The monoisotopic (exact) mass is 361 g/mol. The highest BCUT2D eigenvalue weighted by atomic mass is 79.9. The minimum atomic E-state index is -4.61. The van der Waals surface area contributed by atoms with E-state index in [0.29, 0.717) is 4.47 Å². The fraction of sp³-hybridized carbons (Fsp3) is 0.444. The number of anilines is 1. The fourth-order valence-corrected chi connectivity index (χ4v) is 3.12. The van der Waals surface area contributed by atoms with E-state index in [0.717, 1.165) is 7.05 Å². The van der Waals surface area contributed by atoms with Crippen molar-refractivity contribution >= 4 is 31.8 Å². The first-order valence-electron chi connectivity index (χ1n) is 4.94. The van der Waals surface area contributed by atoms with Gasteiger partial charge in [-0.15, -0.1) is 0 Å². The Kier molecular flexibility index (Phi) is 4.80. The van der Waals surface area contributed by atoms with E-state index in [9.17, 15) is 21.6 Å². The third kappa shape index (κ3) is 4.05. The van der Waals surface area contributed by atoms with Crippen LogP contribution in [0, 0.1) is 0 Å². The van der Waals surface area contributed by atoms with Crippen molar-refractivity contribution in [2.75, 3.05) is 26.0 Å². The van der Waals surface area contributed by atoms with Gasteiger partial charge in [0.05, 0.1) is 0 Å². The maximum atomic E-state index is 12.3. The summed E-state index contributed by atoms with van der Waals surface area (Å²) < 4.78 is 61.5. The summed E-state index contributed by atoms with van der Waals surface area (Å²) in [7, 11) is -1.99. The highest BCUT2D eigenvalue weighted by Crippen LogP contribution is 2.27. The molecule has 0 bridgehead atoms. The Labute approximate surface area is 117 Å². The summed E-state index contributed by atoms with van der Waals surface area (Å²) in [4.78, 5) is 3.47. The number of halogens is 4. The number of aromatic nitrogens is 1. The predicted octanol–water partition coefficient (Wildman–Crippen LogP) is 2.07. The molecule has 0 amide bonds. The molecule has 0 aromatic carbocycles. The van der Waals surface area contributed by atoms with Gasteiger partial charge < -0.3 is 5.32 Å². The molecule has 1 rings (SSSR count). The molecule has 108 valence electrons. The number of pyridine rings is 1. The van der Waals surface area contributed by atoms with Gasteiger partial charge in [-0.2, -0.15) is 17.5 Å². The summed E-state index contributed by atoms with van der Waals surface area (Å²) in [6.07, 6.45) is -3.27. The maximum absolute atomic E-state index is 12.3. The van der Waals surface area contributed by atoms with Gasteiger partial charge in [0.25, 0.3) is 0 Å². The summed E-state index contributed by atoms with van der Waals surface area (Å²) in [5.41, 5.74) is 0. The molecule has 1 N–H and O–H groups in total. The maximum Gasteiger partial charge on any atom is 0.402 e. The van der Waals surface area contributed by atoms with Crippen LogP contribution in [-0.4, -0.2) is 44.5 Å². The van der Waals surface area contributed by atoms with Crippen LogP contribution in [-0.2, 0) is 10.0 Å². The SMILES string of the molecule is CNc1ncc(Br)cc1S(=O)(=O)N(C)CC(F)(F)F. The molecule has 1 aromatic heterocycles. The predicted molar refractivity (Wildman–Crippen MR) is 67.4 cm³/mol. The highest BCUT2D eigenvalue weighted by Gasteiger charge is 2.35. The van der Waals surface area contributed by atoms with Crippen LogP contribution in [0.2, 0.25) is 0 Å². The minimum absolute atomic E-state index is 0.0165. The van der Waals surface area contributed by atoms with Crippen LogP contribution in [0.4, 0.5) is 19.0 Å². The number of alkyl halides is 3. The van der Waals surface area contributed by atoms with Crippen LogP contribution in [0.1, 0.15) is 0 Å². The van der Waals surface area contributed by atoms with Gasteiger partial charge in [-0.1, -0.05) is 0 Å². The lowest BCUT2D eigenvalue weighted by atomic mass is 10.4. The number of rotatable bonds is 4. The zero-order valence-corrected chi connectivity index (χ0v) is 12.4. The van der Waals surface area contributed by atoms with Crippen molar-refractivity contribution in [3.63, 3.8) is 0 Å². The molecular weight excluding hydrogens is 351 g/mol. The molecule has 1 heterocycles. The molecule has 0 aliphatic carbocycles. The van der Waals surface area contributed by atoms with Crippen molar-refractivity contribution in [1.82, 2.24) is 9.29 Å². The molecule has 0 saturated carbocycles. The lowest BCUT2D eigenvalue weighted by Gasteiger charge is -2.20. The second-order valence-corrected chi connectivity index (χ2v) is 6.56. The molecule has 0 fully saturated rings. The summed E-state index contributed by atoms with van der Waals surface area (Å²) in [6.45, 7) is -1.56. The van der Waals surface area contributed by atoms with Gasteiger partial charge in [0, 0.05) is 24.8 Å². The van der Waals surface area contributed by atoms with E-state index in [4.69, 9.17) is 0 Å². The zero-order valence-electron chi connectivity index (χ0n) is 9.99. The molecule has 0 aliphatic heterocycles. The van der Waals surface area contributed by atoms with E-state index in [2.05, 4.69) is 26.2 Å². The minimum Gasteiger partial charge on any atom is -0.372 e. The summed E-state index contributed by atoms with van der Waals surface area (Å²) in [5, 5.41) is 2.53. The summed E-state index contributed by atoms with van der Waals surface area (Å²) in [6, 6.07) is 1.20. The first-order valence-corrected chi connectivity index (χ1v) is 7.17. The molecule has 0 radical (unpaired) electrons. The topological polar surface area (TPSA) is 62.3 Å². The summed E-state index contributed by atoms with van der Waals surface area (Å²) >= 11 is 3.03. The Balaban J connectivity index is 3.23. The third-order valence-electron chi connectivity index (χ3n) is 2.15. The molecule has 1 aromatic rings. The Morgan fingerprint density at radius 2 is 2.05 bits per heavy atom. The van der Waals surface area contributed by atoms with Crippen molar-refractivity contribution in [1.29, 1.82) is 0 Å². The smallest absolute Gasteiger partial charge is 0.372 e. The van der Waals surface area contributed by atoms with Gasteiger partial charge in [0.15, 0.2) is 0 Å². The van der Waals surface area contributed by atoms with Crippen LogP contribution >= 0.6 is 15.9 Å². The Hall–Kier alpha value is -0.870. The largest absolute Gasteiger partial charge is 0.402 e. The molecule has 0 atom stereocenters. The molecule has 0 unspecified atom stereocenters. The van der Waals surface area contributed by atoms with E-state index >= 15 is 0 Å². The second-order valence-electron chi connectivity index (χ2n) is 3.63. The van der Waals surface area contributed by atoms with Crippen molar-refractivity contribution in [3.05, 3.63) is 16.7 Å². The molecule has 5 nitrogen and oxygen atoms in total. The standard InChI is InChI=1S/C9H11BrF3N3O2S/c1-14-8-7(3-6(10)4-15-8)19(17,18)16(2)5-9(11,12)13/h3-4H,5H2,1-2H3,(H,14,15). The van der Waals surface area contributed by atoms with Crippen LogP contribution < -0.4 is 5.32 Å². The van der Waals surface area contributed by atoms with Crippen molar-refractivity contribution in [3.8, 4) is 0 Å². The zero-order chi connectivity index (χ0) is 14.8. The van der Waals surface area contributed by atoms with Gasteiger partial charge in [0.1, 0.15) is 17.3 Å². The Bertz CT molecular complexity index is 562. The average Bonchev–Trinajstić information content (AvgIpc) is 2.26. The van der Waals surface area contributed by atoms with Gasteiger partial charge in [-0.25, -0.2) is 13.4 Å². The second kappa shape index (κ2) is 5.63. The van der Waals surface area contributed by atoms with Gasteiger partial charge in [-0.05, 0) is 22.0 Å². The Morgan fingerprint density at radius 3 is 2.53 bits per heavy atom. The van der Waals surface area contributed by atoms with E-state index < -0.39 is 22.7 Å². The first kappa shape index (κ1) is 16.2. The molecular formula is C9H11BrF3N3O2S. The van der Waals surface area contributed by atoms with Gasteiger partial charge >= 0.3 is 6.18 Å². The molecule has 19 heavy (non-hydrogen) atoms. The molecule has 10 heteroatoms. The lowest BCUT2D eigenvalue weighted by molar-refractivity contribution is -0.134. The van der Waals surface area contributed by atoms with Gasteiger partial charge in [-0.3, -0.25) is 0 Å². The Morgan fingerprint density at radius 1 is 1.47 bits per heavy atom. The number of hydrogen-bond donors (Lipinski definition) is 1. The molecule has 0 saturated heterocycles. The lowest BCUT2D eigenvalue weighted by Crippen LogP contribution is -2.36. The number of nitrogens with zero attached hydrogens (tertiary/aromatic N) is 2.